The second-order valence-electron chi connectivity index (χ2n) is 6.38. The van der Waals surface area contributed by atoms with E-state index in [9.17, 15) is 9.59 Å². The lowest BCUT2D eigenvalue weighted by Crippen LogP contribution is -2.17. The van der Waals surface area contributed by atoms with Crippen LogP contribution in [0.1, 0.15) is 16.9 Å². The first-order valence-corrected chi connectivity index (χ1v) is 9.61. The quantitative estimate of drug-likeness (QED) is 0.373. The minimum Gasteiger partial charge on any atom is -0.455 e. The first kappa shape index (κ1) is 17.3. The second kappa shape index (κ2) is 6.97. The van der Waals surface area contributed by atoms with Gasteiger partial charge in [-0.25, -0.2) is 0 Å². The van der Waals surface area contributed by atoms with E-state index in [1.165, 1.54) is 0 Å². The average Bonchev–Trinajstić information content (AvgIpc) is 3.28. The van der Waals surface area contributed by atoms with Crippen molar-refractivity contribution in [1.82, 2.24) is 10.3 Å². The van der Waals surface area contributed by atoms with Gasteiger partial charge in [-0.1, -0.05) is 48.2 Å². The molecule has 0 atom stereocenters. The standard InChI is InChI=1S/C23H12N2O3S/c26-22-20(29-23(27)25-22)11-18-10-17-13-24-12-16(21(17)28-18)9-8-15-6-3-5-14-4-1-2-7-19(14)15/h1-7,10-13H,(H,25,26,27). The minimum absolute atomic E-state index is 0.297. The lowest BCUT2D eigenvalue weighted by molar-refractivity contribution is -0.115. The van der Waals surface area contributed by atoms with E-state index in [1.807, 2.05) is 30.3 Å². The van der Waals surface area contributed by atoms with Gasteiger partial charge >= 0.3 is 0 Å². The molecule has 2 aromatic carbocycles. The lowest BCUT2D eigenvalue weighted by atomic mass is 10.0. The summed E-state index contributed by atoms with van der Waals surface area (Å²) >= 11 is 0.849. The maximum absolute atomic E-state index is 11.7. The van der Waals surface area contributed by atoms with Crippen molar-refractivity contribution in [3.8, 4) is 11.8 Å². The number of nitrogens with one attached hydrogen (secondary N) is 1. The predicted octanol–water partition coefficient (Wildman–Crippen LogP) is 4.70. The summed E-state index contributed by atoms with van der Waals surface area (Å²) in [4.78, 5) is 27.6. The fourth-order valence-electron chi connectivity index (χ4n) is 3.16. The molecule has 4 aromatic rings. The molecule has 2 amide bonds. The Labute approximate surface area is 169 Å². The third kappa shape index (κ3) is 3.28. The lowest BCUT2D eigenvalue weighted by Gasteiger charge is -1.99. The zero-order valence-electron chi connectivity index (χ0n) is 14.9. The van der Waals surface area contributed by atoms with E-state index in [1.54, 1.807) is 24.5 Å². The maximum atomic E-state index is 11.7. The number of pyridine rings is 1. The number of thioether (sulfide) groups is 1. The summed E-state index contributed by atoms with van der Waals surface area (Å²) in [6.07, 6.45) is 4.88. The molecule has 0 unspecified atom stereocenters. The number of furan rings is 1. The van der Waals surface area contributed by atoms with Crippen molar-refractivity contribution in [2.75, 3.05) is 0 Å². The van der Waals surface area contributed by atoms with E-state index in [-0.39, 0.29) is 5.24 Å². The number of carbonyl (C=O) groups is 2. The highest BCUT2D eigenvalue weighted by Crippen LogP contribution is 2.29. The molecule has 0 aliphatic carbocycles. The molecule has 5 rings (SSSR count). The maximum Gasteiger partial charge on any atom is 0.290 e. The summed E-state index contributed by atoms with van der Waals surface area (Å²) in [5, 5.41) is 4.83. The van der Waals surface area contributed by atoms with Gasteiger partial charge in [0.25, 0.3) is 11.1 Å². The predicted molar refractivity (Wildman–Crippen MR) is 113 cm³/mol. The summed E-state index contributed by atoms with van der Waals surface area (Å²) in [5.41, 5.74) is 2.17. The van der Waals surface area contributed by atoms with Gasteiger partial charge in [-0.2, -0.15) is 0 Å². The van der Waals surface area contributed by atoms with Gasteiger partial charge in [-0.05, 0) is 34.7 Å². The zero-order chi connectivity index (χ0) is 19.8. The van der Waals surface area contributed by atoms with Crippen molar-refractivity contribution < 1.29 is 14.0 Å². The summed E-state index contributed by atoms with van der Waals surface area (Å²) in [6, 6.07) is 15.9. The average molecular weight is 396 g/mol. The van der Waals surface area contributed by atoms with Crippen molar-refractivity contribution in [3.05, 3.63) is 82.7 Å². The zero-order valence-corrected chi connectivity index (χ0v) is 15.7. The molecule has 1 N–H and O–H groups in total. The van der Waals surface area contributed by atoms with Gasteiger partial charge in [0.1, 0.15) is 5.76 Å². The molecular weight excluding hydrogens is 384 g/mol. The number of aromatic nitrogens is 1. The molecule has 1 fully saturated rings. The fourth-order valence-corrected chi connectivity index (χ4v) is 3.82. The van der Waals surface area contributed by atoms with Gasteiger partial charge in [-0.3, -0.25) is 19.9 Å². The van der Waals surface area contributed by atoms with Gasteiger partial charge in [0.15, 0.2) is 5.58 Å². The Morgan fingerprint density at radius 2 is 1.79 bits per heavy atom. The molecule has 0 bridgehead atoms. The molecule has 0 spiro atoms. The van der Waals surface area contributed by atoms with E-state index >= 15 is 0 Å². The number of hydrogen-bond acceptors (Lipinski definition) is 5. The smallest absolute Gasteiger partial charge is 0.290 e. The Balaban J connectivity index is 1.56. The number of benzene rings is 2. The first-order valence-electron chi connectivity index (χ1n) is 8.79. The number of fused-ring (bicyclic) bond motifs is 2. The number of amides is 2. The Morgan fingerprint density at radius 3 is 2.66 bits per heavy atom. The van der Waals surface area contributed by atoms with Crippen LogP contribution >= 0.6 is 11.8 Å². The number of rotatable bonds is 1. The molecule has 0 radical (unpaired) electrons. The van der Waals surface area contributed by atoms with Crippen molar-refractivity contribution in [1.29, 1.82) is 0 Å². The normalized spacial score (nSPS) is 15.0. The van der Waals surface area contributed by atoms with Crippen molar-refractivity contribution in [3.63, 3.8) is 0 Å². The van der Waals surface area contributed by atoms with Gasteiger partial charge in [0.2, 0.25) is 0 Å². The third-order valence-corrected chi connectivity index (χ3v) is 5.29. The highest BCUT2D eigenvalue weighted by atomic mass is 32.2. The van der Waals surface area contributed by atoms with E-state index in [0.29, 0.717) is 21.8 Å². The minimum atomic E-state index is -0.422. The number of imide groups is 1. The van der Waals surface area contributed by atoms with Crippen molar-refractivity contribution in [2.45, 2.75) is 0 Å². The highest BCUT2D eigenvalue weighted by Gasteiger charge is 2.25. The van der Waals surface area contributed by atoms with Gasteiger partial charge in [-0.15, -0.1) is 0 Å². The molecule has 1 aliphatic rings. The Bertz CT molecular complexity index is 1400. The third-order valence-electron chi connectivity index (χ3n) is 4.48. The molecule has 29 heavy (non-hydrogen) atoms. The van der Waals surface area contributed by atoms with E-state index in [2.05, 4.69) is 34.3 Å². The summed E-state index contributed by atoms with van der Waals surface area (Å²) in [6.45, 7) is 0. The molecule has 0 saturated carbocycles. The summed E-state index contributed by atoms with van der Waals surface area (Å²) in [5.74, 6) is 6.41. The summed E-state index contributed by atoms with van der Waals surface area (Å²) < 4.78 is 5.90. The SMILES string of the molecule is O=C1NC(=O)C(=Cc2cc3cncc(C#Cc4cccc5ccccc45)c3o2)S1. The van der Waals surface area contributed by atoms with E-state index in [0.717, 1.165) is 33.5 Å². The molecule has 138 valence electrons. The fraction of sp³-hybridized carbons (Fsp3) is 0. The molecule has 1 saturated heterocycles. The van der Waals surface area contributed by atoms with Crippen LogP contribution in [0.3, 0.4) is 0 Å². The number of hydrogen-bond donors (Lipinski definition) is 1. The number of carbonyl (C=O) groups excluding carboxylic acids is 2. The molecule has 2 aromatic heterocycles. The van der Waals surface area contributed by atoms with Crippen LogP contribution in [-0.4, -0.2) is 16.1 Å². The second-order valence-corrected chi connectivity index (χ2v) is 7.40. The van der Waals surface area contributed by atoms with E-state index in [4.69, 9.17) is 4.42 Å². The molecule has 6 heteroatoms. The Morgan fingerprint density at radius 1 is 0.966 bits per heavy atom. The van der Waals surface area contributed by atoms with Crippen LogP contribution in [-0.2, 0) is 4.79 Å². The van der Waals surface area contributed by atoms with Gasteiger partial charge < -0.3 is 4.42 Å². The monoisotopic (exact) mass is 396 g/mol. The summed E-state index contributed by atoms with van der Waals surface area (Å²) in [7, 11) is 0. The molecule has 1 aliphatic heterocycles. The van der Waals surface area contributed by atoms with Crippen LogP contribution in [0.25, 0.3) is 27.8 Å². The largest absolute Gasteiger partial charge is 0.455 e. The van der Waals surface area contributed by atoms with Crippen molar-refractivity contribution >= 4 is 50.7 Å². The molecule has 5 nitrogen and oxygen atoms in total. The Kier molecular flexibility index (Phi) is 4.15. The van der Waals surface area contributed by atoms with Crippen LogP contribution in [0.5, 0.6) is 0 Å². The Hall–Kier alpha value is -3.82. The first-order chi connectivity index (χ1) is 14.2. The van der Waals surface area contributed by atoms with Crippen molar-refractivity contribution in [2.24, 2.45) is 0 Å². The van der Waals surface area contributed by atoms with Crippen LogP contribution in [0.4, 0.5) is 4.79 Å². The molecule has 3 heterocycles. The van der Waals surface area contributed by atoms with Crippen LogP contribution in [0, 0.1) is 11.8 Å². The van der Waals surface area contributed by atoms with Gasteiger partial charge in [0, 0.05) is 29.4 Å². The van der Waals surface area contributed by atoms with Crippen LogP contribution in [0.2, 0.25) is 0 Å². The van der Waals surface area contributed by atoms with Gasteiger partial charge in [0.05, 0.1) is 10.5 Å². The molecular formula is C23H12N2O3S. The van der Waals surface area contributed by atoms with Crippen LogP contribution < -0.4 is 5.32 Å². The van der Waals surface area contributed by atoms with E-state index < -0.39 is 5.91 Å². The van der Waals surface area contributed by atoms with Crippen LogP contribution in [0.15, 0.2) is 70.2 Å². The number of nitrogens with zero attached hydrogens (tertiary/aromatic N) is 1. The topological polar surface area (TPSA) is 72.2 Å². The highest BCUT2D eigenvalue weighted by molar-refractivity contribution is 8.18.